The van der Waals surface area contributed by atoms with Crippen molar-refractivity contribution in [3.63, 3.8) is 0 Å². The molecule has 0 aromatic carbocycles. The SMILES string of the molecule is CN(CC1CCCN1)C1=NCCN1. The molecule has 0 bridgehead atoms. The Morgan fingerprint density at radius 2 is 2.46 bits per heavy atom. The molecule has 0 radical (unpaired) electrons. The predicted molar refractivity (Wildman–Crippen MR) is 54.0 cm³/mol. The second-order valence-corrected chi connectivity index (χ2v) is 3.81. The smallest absolute Gasteiger partial charge is 0.193 e. The molecule has 2 N–H and O–H groups in total. The molecule has 0 spiro atoms. The van der Waals surface area contributed by atoms with Crippen molar-refractivity contribution in [1.29, 1.82) is 0 Å². The van der Waals surface area contributed by atoms with Gasteiger partial charge in [-0.2, -0.15) is 0 Å². The third-order valence-corrected chi connectivity index (χ3v) is 2.67. The molecule has 1 saturated heterocycles. The highest BCUT2D eigenvalue weighted by atomic mass is 15.3. The molecule has 0 saturated carbocycles. The molecular weight excluding hydrogens is 164 g/mol. The summed E-state index contributed by atoms with van der Waals surface area (Å²) < 4.78 is 0. The topological polar surface area (TPSA) is 39.7 Å². The summed E-state index contributed by atoms with van der Waals surface area (Å²) in [4.78, 5) is 6.60. The van der Waals surface area contributed by atoms with Gasteiger partial charge in [-0.3, -0.25) is 4.99 Å². The van der Waals surface area contributed by atoms with E-state index in [0.717, 1.165) is 25.6 Å². The number of hydrogen-bond acceptors (Lipinski definition) is 4. The van der Waals surface area contributed by atoms with E-state index in [1.807, 2.05) is 0 Å². The van der Waals surface area contributed by atoms with Gasteiger partial charge in [0, 0.05) is 26.2 Å². The molecule has 0 aromatic rings. The van der Waals surface area contributed by atoms with Crippen molar-refractivity contribution in [2.45, 2.75) is 18.9 Å². The maximum Gasteiger partial charge on any atom is 0.193 e. The maximum absolute atomic E-state index is 4.38. The van der Waals surface area contributed by atoms with Crippen molar-refractivity contribution in [3.8, 4) is 0 Å². The van der Waals surface area contributed by atoms with E-state index in [1.54, 1.807) is 0 Å². The zero-order chi connectivity index (χ0) is 9.10. The zero-order valence-corrected chi connectivity index (χ0v) is 8.21. The minimum absolute atomic E-state index is 0.662. The summed E-state index contributed by atoms with van der Waals surface area (Å²) in [5.41, 5.74) is 0. The molecule has 4 heteroatoms. The predicted octanol–water partition coefficient (Wildman–Crippen LogP) is -0.371. The first-order valence-corrected chi connectivity index (χ1v) is 5.09. The average Bonchev–Trinajstić information content (AvgIpc) is 2.74. The second kappa shape index (κ2) is 3.96. The Balaban J connectivity index is 1.79. The third kappa shape index (κ3) is 2.12. The van der Waals surface area contributed by atoms with Gasteiger partial charge in [0.05, 0.1) is 6.54 Å². The van der Waals surface area contributed by atoms with Crippen LogP contribution in [0.2, 0.25) is 0 Å². The molecule has 1 fully saturated rings. The Bertz CT molecular complexity index is 196. The molecule has 0 aromatic heterocycles. The van der Waals surface area contributed by atoms with Gasteiger partial charge in [0.15, 0.2) is 5.96 Å². The van der Waals surface area contributed by atoms with Gasteiger partial charge in [-0.15, -0.1) is 0 Å². The molecule has 2 aliphatic heterocycles. The maximum atomic E-state index is 4.38. The minimum atomic E-state index is 0.662. The Morgan fingerprint density at radius 3 is 3.08 bits per heavy atom. The monoisotopic (exact) mass is 182 g/mol. The van der Waals surface area contributed by atoms with Crippen LogP contribution in [0.15, 0.2) is 4.99 Å². The van der Waals surface area contributed by atoms with E-state index in [1.165, 1.54) is 19.4 Å². The fourth-order valence-electron chi connectivity index (χ4n) is 1.97. The van der Waals surface area contributed by atoms with E-state index in [-0.39, 0.29) is 0 Å². The minimum Gasteiger partial charge on any atom is -0.354 e. The van der Waals surface area contributed by atoms with E-state index in [0.29, 0.717) is 6.04 Å². The van der Waals surface area contributed by atoms with Gasteiger partial charge >= 0.3 is 0 Å². The summed E-state index contributed by atoms with van der Waals surface area (Å²) in [7, 11) is 2.11. The molecular formula is C9H18N4. The molecule has 2 heterocycles. The normalized spacial score (nSPS) is 27.2. The van der Waals surface area contributed by atoms with Crippen molar-refractivity contribution in [1.82, 2.24) is 15.5 Å². The highest BCUT2D eigenvalue weighted by molar-refractivity contribution is 5.81. The average molecular weight is 182 g/mol. The van der Waals surface area contributed by atoms with E-state index < -0.39 is 0 Å². The standard InChI is InChI=1S/C9H18N4/c1-13(9-11-5-6-12-9)7-8-3-2-4-10-8/h8,10H,2-7H2,1H3,(H,11,12). The number of nitrogens with one attached hydrogen (secondary N) is 2. The first kappa shape index (κ1) is 8.81. The first-order chi connectivity index (χ1) is 6.36. The first-order valence-electron chi connectivity index (χ1n) is 5.09. The quantitative estimate of drug-likeness (QED) is 0.612. The molecule has 1 atom stereocenters. The Labute approximate surface area is 79.4 Å². The van der Waals surface area contributed by atoms with E-state index in [9.17, 15) is 0 Å². The Hall–Kier alpha value is -0.770. The Kier molecular flexibility index (Phi) is 2.68. The number of rotatable bonds is 2. The second-order valence-electron chi connectivity index (χ2n) is 3.81. The van der Waals surface area contributed by atoms with Crippen molar-refractivity contribution in [2.75, 3.05) is 33.2 Å². The fourth-order valence-corrected chi connectivity index (χ4v) is 1.97. The largest absolute Gasteiger partial charge is 0.354 e. The summed E-state index contributed by atoms with van der Waals surface area (Å²) in [5, 5.41) is 6.76. The van der Waals surface area contributed by atoms with Gasteiger partial charge in [0.1, 0.15) is 0 Å². The van der Waals surface area contributed by atoms with E-state index in [2.05, 4.69) is 27.6 Å². The number of nitrogens with zero attached hydrogens (tertiary/aromatic N) is 2. The van der Waals surface area contributed by atoms with E-state index >= 15 is 0 Å². The van der Waals surface area contributed by atoms with Crippen LogP contribution in [0.5, 0.6) is 0 Å². The molecule has 0 aliphatic carbocycles. The van der Waals surface area contributed by atoms with Crippen LogP contribution in [0.25, 0.3) is 0 Å². The molecule has 0 amide bonds. The highest BCUT2D eigenvalue weighted by Gasteiger charge is 2.18. The van der Waals surface area contributed by atoms with Crippen molar-refractivity contribution in [3.05, 3.63) is 0 Å². The third-order valence-electron chi connectivity index (χ3n) is 2.67. The van der Waals surface area contributed by atoms with Crippen molar-refractivity contribution < 1.29 is 0 Å². The summed E-state index contributed by atoms with van der Waals surface area (Å²) in [6.07, 6.45) is 2.62. The van der Waals surface area contributed by atoms with E-state index in [4.69, 9.17) is 0 Å². The number of aliphatic imine (C=N–C) groups is 1. The summed E-state index contributed by atoms with van der Waals surface area (Å²) in [6.45, 7) is 4.18. The zero-order valence-electron chi connectivity index (χ0n) is 8.21. The van der Waals surface area contributed by atoms with Gasteiger partial charge in [-0.05, 0) is 19.4 Å². The van der Waals surface area contributed by atoms with Crippen LogP contribution >= 0.6 is 0 Å². The summed E-state index contributed by atoms with van der Waals surface area (Å²) in [6, 6.07) is 0.662. The van der Waals surface area contributed by atoms with Crippen molar-refractivity contribution in [2.24, 2.45) is 4.99 Å². The van der Waals surface area contributed by atoms with Crippen LogP contribution in [0.3, 0.4) is 0 Å². The summed E-state index contributed by atoms with van der Waals surface area (Å²) in [5.74, 6) is 1.06. The van der Waals surface area contributed by atoms with Gasteiger partial charge in [0.2, 0.25) is 0 Å². The lowest BCUT2D eigenvalue weighted by Crippen LogP contribution is -2.42. The molecule has 13 heavy (non-hydrogen) atoms. The lowest BCUT2D eigenvalue weighted by Gasteiger charge is -2.22. The van der Waals surface area contributed by atoms with Crippen LogP contribution in [-0.4, -0.2) is 50.1 Å². The van der Waals surface area contributed by atoms with Crippen LogP contribution < -0.4 is 10.6 Å². The number of hydrogen-bond donors (Lipinski definition) is 2. The van der Waals surface area contributed by atoms with Gasteiger partial charge in [-0.25, -0.2) is 0 Å². The van der Waals surface area contributed by atoms with Crippen LogP contribution in [-0.2, 0) is 0 Å². The van der Waals surface area contributed by atoms with Crippen LogP contribution in [0, 0.1) is 0 Å². The molecule has 1 unspecified atom stereocenters. The number of likely N-dealkylation sites (N-methyl/N-ethyl adjacent to an activating group) is 1. The van der Waals surface area contributed by atoms with Crippen molar-refractivity contribution >= 4 is 5.96 Å². The number of guanidine groups is 1. The Morgan fingerprint density at radius 1 is 1.54 bits per heavy atom. The lowest BCUT2D eigenvalue weighted by molar-refractivity contribution is 0.417. The van der Waals surface area contributed by atoms with Gasteiger partial charge in [-0.1, -0.05) is 0 Å². The molecule has 4 nitrogen and oxygen atoms in total. The fraction of sp³-hybridized carbons (Fsp3) is 0.889. The molecule has 2 rings (SSSR count). The molecule has 2 aliphatic rings. The van der Waals surface area contributed by atoms with Crippen LogP contribution in [0.1, 0.15) is 12.8 Å². The molecule has 74 valence electrons. The van der Waals surface area contributed by atoms with Crippen LogP contribution in [0.4, 0.5) is 0 Å². The van der Waals surface area contributed by atoms with Gasteiger partial charge in [0.25, 0.3) is 0 Å². The van der Waals surface area contributed by atoms with Gasteiger partial charge < -0.3 is 15.5 Å². The summed E-state index contributed by atoms with van der Waals surface area (Å²) >= 11 is 0. The highest BCUT2D eigenvalue weighted by Crippen LogP contribution is 2.06. The lowest BCUT2D eigenvalue weighted by atomic mass is 10.2.